The third-order valence-electron chi connectivity index (χ3n) is 3.87. The van der Waals surface area contributed by atoms with E-state index < -0.39 is 0 Å². The molecule has 0 saturated carbocycles. The number of rotatable bonds is 8. The van der Waals surface area contributed by atoms with E-state index in [1.54, 1.807) is 13.1 Å². The maximum absolute atomic E-state index is 10.6. The van der Waals surface area contributed by atoms with Gasteiger partial charge in [0.15, 0.2) is 11.9 Å². The molecule has 9 nitrogen and oxygen atoms in total. The first kappa shape index (κ1) is 17.7. The Hall–Kier alpha value is -2.65. The molecule has 9 heteroatoms. The number of aromatic amines is 1. The highest BCUT2D eigenvalue weighted by molar-refractivity contribution is 5.57. The number of aldehydes is 1. The van der Waals surface area contributed by atoms with Gasteiger partial charge < -0.3 is 30.6 Å². The molecule has 0 unspecified atom stereocenters. The Labute approximate surface area is 137 Å². The Kier molecular flexibility index (Phi) is 6.10. The second kappa shape index (κ2) is 8.27. The molecule has 0 bridgehead atoms. The van der Waals surface area contributed by atoms with Crippen LogP contribution in [0.3, 0.4) is 0 Å². The van der Waals surface area contributed by atoms with Crippen molar-refractivity contribution in [3.63, 3.8) is 0 Å². The topological polar surface area (TPSA) is 139 Å². The number of aromatic hydroxyl groups is 1. The summed E-state index contributed by atoms with van der Waals surface area (Å²) in [5, 5.41) is 33.9. The highest BCUT2D eigenvalue weighted by atomic mass is 17.1. The zero-order valence-corrected chi connectivity index (χ0v) is 13.0. The smallest absolute Gasteiger partial charge is 0.322 e. The number of carbonyl (C=O) groups excluding carboxylic acids is 2. The summed E-state index contributed by atoms with van der Waals surface area (Å²) >= 11 is 0. The summed E-state index contributed by atoms with van der Waals surface area (Å²) in [6, 6.07) is 0. The molecule has 0 amide bonds. The molecule has 0 aromatic carbocycles. The lowest BCUT2D eigenvalue weighted by Crippen LogP contribution is -2.20. The number of hydrogen-bond acceptors (Lipinski definition) is 7. The fourth-order valence-corrected chi connectivity index (χ4v) is 2.65. The van der Waals surface area contributed by atoms with Crippen LogP contribution in [0.4, 0.5) is 0 Å². The molecule has 1 aromatic rings. The van der Waals surface area contributed by atoms with Gasteiger partial charge in [0.25, 0.3) is 6.47 Å². The molecule has 130 valence electrons. The van der Waals surface area contributed by atoms with Gasteiger partial charge in [-0.25, -0.2) is 4.98 Å². The van der Waals surface area contributed by atoms with Gasteiger partial charge >= 0.3 is 6.29 Å². The minimum atomic E-state index is -0.210. The third kappa shape index (κ3) is 4.00. The van der Waals surface area contributed by atoms with Crippen LogP contribution in [-0.4, -0.2) is 17.9 Å². The van der Waals surface area contributed by atoms with Crippen LogP contribution in [-0.2, 0) is 32.1 Å². The minimum Gasteiger partial charge on any atom is -0.723 e. The van der Waals surface area contributed by atoms with Gasteiger partial charge in [-0.1, -0.05) is 0 Å². The van der Waals surface area contributed by atoms with Gasteiger partial charge in [0, 0.05) is 37.4 Å². The highest BCUT2D eigenvalue weighted by Gasteiger charge is 2.28. The van der Waals surface area contributed by atoms with E-state index in [4.69, 9.17) is 4.74 Å². The molecule has 24 heavy (non-hydrogen) atoms. The zero-order chi connectivity index (χ0) is 17.5. The van der Waals surface area contributed by atoms with Gasteiger partial charge in [-0.2, -0.15) is 4.58 Å². The normalized spacial score (nSPS) is 17.5. The van der Waals surface area contributed by atoms with Gasteiger partial charge in [0.1, 0.15) is 5.76 Å². The molecule has 0 aliphatic heterocycles. The second-order valence-electron chi connectivity index (χ2n) is 5.40. The summed E-state index contributed by atoms with van der Waals surface area (Å²) in [6.45, 7) is 1.98. The first-order valence-corrected chi connectivity index (χ1v) is 7.25. The van der Waals surface area contributed by atoms with Crippen LogP contribution in [0.5, 0.6) is 5.75 Å². The number of ether oxygens (including phenoxy) is 1. The van der Waals surface area contributed by atoms with Gasteiger partial charge in [-0.3, -0.25) is 4.79 Å². The van der Waals surface area contributed by atoms with Gasteiger partial charge in [-0.05, 0) is 0 Å². The van der Waals surface area contributed by atoms with Crippen molar-refractivity contribution in [1.82, 2.24) is 5.32 Å². The molecule has 1 aliphatic carbocycles. The van der Waals surface area contributed by atoms with E-state index in [0.717, 1.165) is 6.29 Å². The first-order chi connectivity index (χ1) is 11.6. The zero-order valence-electron chi connectivity index (χ0n) is 13.0. The number of carbonyl (C=O) groups is 1. The summed E-state index contributed by atoms with van der Waals surface area (Å²) in [5.74, 6) is 0.215. The molecule has 1 aromatic heterocycles. The van der Waals surface area contributed by atoms with Crippen molar-refractivity contribution in [2.24, 2.45) is 5.92 Å². The molecule has 0 spiro atoms. The fraction of sp³-hybridized carbons (Fsp3) is 0.400. The van der Waals surface area contributed by atoms with Gasteiger partial charge in [-0.15, -0.1) is 0 Å². The highest BCUT2D eigenvalue weighted by Crippen LogP contribution is 2.30. The Morgan fingerprint density at radius 1 is 1.54 bits per heavy atom. The van der Waals surface area contributed by atoms with E-state index in [0.29, 0.717) is 47.6 Å². The lowest BCUT2D eigenvalue weighted by molar-refractivity contribution is -1.04. The van der Waals surface area contributed by atoms with Crippen molar-refractivity contribution in [3.8, 4) is 5.75 Å². The standard InChI is InChI=1S/C15H18N2O7/c1-9-15(19)12(11(4-16-9)7-24-21)5-17-13-2-10(6-23-20)3-14(13)22-8-18/h4,6,8,10,17,19,21H,2-3,5,7H2,1H3/t10-/m1/s1. The quantitative estimate of drug-likeness (QED) is 0.247. The number of nitrogens with one attached hydrogen (secondary N) is 2. The Balaban J connectivity index is 2.18. The van der Waals surface area contributed by atoms with Crippen LogP contribution in [0.25, 0.3) is 0 Å². The average molecular weight is 338 g/mol. The number of aryl methyl sites for hydroxylation is 1. The number of aromatic nitrogens is 1. The van der Waals surface area contributed by atoms with Gasteiger partial charge in [0.05, 0.1) is 18.2 Å². The average Bonchev–Trinajstić information content (AvgIpc) is 2.93. The van der Waals surface area contributed by atoms with Crippen LogP contribution in [0.15, 0.2) is 17.7 Å². The van der Waals surface area contributed by atoms with Crippen LogP contribution in [0.1, 0.15) is 29.7 Å². The molecule has 0 saturated heterocycles. The molecule has 1 atom stereocenters. The van der Waals surface area contributed by atoms with E-state index >= 15 is 0 Å². The van der Waals surface area contributed by atoms with Crippen LogP contribution >= 0.6 is 0 Å². The maximum atomic E-state index is 10.6. The van der Waals surface area contributed by atoms with E-state index in [-0.39, 0.29) is 24.8 Å². The molecule has 2 rings (SSSR count). The number of allylic oxidation sites excluding steroid dienone is 2. The first-order valence-electron chi connectivity index (χ1n) is 7.25. The molecule has 3 N–H and O–H groups in total. The second-order valence-corrected chi connectivity index (χ2v) is 5.40. The number of H-pyrrole nitrogens is 1. The van der Waals surface area contributed by atoms with Crippen LogP contribution in [0, 0.1) is 12.8 Å². The van der Waals surface area contributed by atoms with Crippen molar-refractivity contribution < 1.29 is 39.6 Å². The van der Waals surface area contributed by atoms with E-state index in [1.165, 1.54) is 0 Å². The monoisotopic (exact) mass is 338 g/mol. The van der Waals surface area contributed by atoms with Crippen molar-refractivity contribution in [2.75, 3.05) is 0 Å². The summed E-state index contributed by atoms with van der Waals surface area (Å²) in [6.07, 6.45) is 3.50. The van der Waals surface area contributed by atoms with Crippen LogP contribution in [0.2, 0.25) is 0 Å². The summed E-state index contributed by atoms with van der Waals surface area (Å²) in [5.41, 5.74) is 2.16. The van der Waals surface area contributed by atoms with Crippen molar-refractivity contribution in [1.29, 1.82) is 0 Å². The Morgan fingerprint density at radius 2 is 2.33 bits per heavy atom. The maximum Gasteiger partial charge on any atom is 0.322 e. The molecular weight excluding hydrogens is 320 g/mol. The number of pyridine rings is 1. The summed E-state index contributed by atoms with van der Waals surface area (Å²) in [4.78, 5) is 17.3. The van der Waals surface area contributed by atoms with E-state index in [1.807, 2.05) is 0 Å². The third-order valence-corrected chi connectivity index (χ3v) is 3.87. The fourth-order valence-electron chi connectivity index (χ4n) is 2.65. The number of hydrogen-bond donors (Lipinski definition) is 2. The van der Waals surface area contributed by atoms with Crippen molar-refractivity contribution in [2.45, 2.75) is 32.9 Å². The molecule has 0 fully saturated rings. The van der Waals surface area contributed by atoms with Crippen molar-refractivity contribution >= 4 is 12.8 Å². The molecular formula is C15H18N2O7. The molecule has 1 heterocycles. The van der Waals surface area contributed by atoms with E-state index in [2.05, 4.69) is 19.8 Å². The molecule has 1 aliphatic rings. The minimum absolute atomic E-state index is 0.0134. The lowest BCUT2D eigenvalue weighted by Gasteiger charge is -2.14. The Bertz CT molecular complexity index is 657. The Morgan fingerprint density at radius 3 is 3.00 bits per heavy atom. The van der Waals surface area contributed by atoms with E-state index in [9.17, 15) is 20.4 Å². The summed E-state index contributed by atoms with van der Waals surface area (Å²) in [7, 11) is 0. The van der Waals surface area contributed by atoms with Crippen LogP contribution < -0.4 is 20.8 Å². The SMILES string of the molecule is Cc1[nH+]cc(CO[O-])c(CNC2=C(OC=O)C[C@H](C=[O+][O-])C2)c1O. The predicted octanol–water partition coefficient (Wildman–Crippen LogP) is -1.80. The summed E-state index contributed by atoms with van der Waals surface area (Å²) < 4.78 is 8.71. The lowest BCUT2D eigenvalue weighted by atomic mass is 10.1. The largest absolute Gasteiger partial charge is 0.723 e. The van der Waals surface area contributed by atoms with Crippen molar-refractivity contribution in [3.05, 3.63) is 34.5 Å². The predicted molar refractivity (Wildman–Crippen MR) is 74.0 cm³/mol. The van der Waals surface area contributed by atoms with Gasteiger partial charge in [0.2, 0.25) is 5.69 Å². The molecule has 0 radical (unpaired) electrons.